The zero-order valence-electron chi connectivity index (χ0n) is 19.9. The summed E-state index contributed by atoms with van der Waals surface area (Å²) in [7, 11) is 1.63. The summed E-state index contributed by atoms with van der Waals surface area (Å²) >= 11 is 0. The number of aromatic hydroxyl groups is 1. The molecule has 5 unspecified atom stereocenters. The van der Waals surface area contributed by atoms with Crippen LogP contribution in [0, 0.1) is 17.8 Å². The number of benzene rings is 2. The van der Waals surface area contributed by atoms with Crippen LogP contribution in [0.2, 0.25) is 0 Å². The van der Waals surface area contributed by atoms with Gasteiger partial charge in [-0.15, -0.1) is 0 Å². The monoisotopic (exact) mass is 461 g/mol. The molecule has 0 aromatic heterocycles. The highest BCUT2D eigenvalue weighted by molar-refractivity contribution is 6.11. The number of amides is 1. The molecular formula is C28H31NO5. The number of carbonyl (C=O) groups is 2. The summed E-state index contributed by atoms with van der Waals surface area (Å²) in [5.74, 6) is 1.53. The largest absolute Gasteiger partial charge is 0.508 e. The lowest BCUT2D eigenvalue weighted by molar-refractivity contribution is -0.137. The van der Waals surface area contributed by atoms with Crippen LogP contribution in [0.3, 0.4) is 0 Å². The van der Waals surface area contributed by atoms with Gasteiger partial charge in [0.2, 0.25) is 0 Å². The zero-order chi connectivity index (χ0) is 24.0. The Kier molecular flexibility index (Phi) is 5.84. The van der Waals surface area contributed by atoms with Gasteiger partial charge >= 0.3 is 0 Å². The van der Waals surface area contributed by atoms with Gasteiger partial charge in [-0.2, -0.15) is 0 Å². The van der Waals surface area contributed by atoms with Gasteiger partial charge in [-0.05, 0) is 66.5 Å². The van der Waals surface area contributed by atoms with Crippen molar-refractivity contribution in [3.05, 3.63) is 71.0 Å². The summed E-state index contributed by atoms with van der Waals surface area (Å²) in [5.41, 5.74) is 2.24. The number of hydrogen-bond acceptors (Lipinski definition) is 5. The molecule has 5 rings (SSSR count). The second-order valence-electron chi connectivity index (χ2n) is 9.89. The molecule has 2 heterocycles. The number of Topliss-reactive ketones (excluding diaryl/α,β-unsaturated/α-hetero) is 1. The summed E-state index contributed by atoms with van der Waals surface area (Å²) in [6.45, 7) is 4.80. The van der Waals surface area contributed by atoms with Crippen LogP contribution >= 0.6 is 0 Å². The van der Waals surface area contributed by atoms with E-state index in [9.17, 15) is 14.7 Å². The molecule has 1 amide bonds. The number of carbonyl (C=O) groups excluding carboxylic acids is 2. The first kappa shape index (κ1) is 22.5. The molecule has 34 heavy (non-hydrogen) atoms. The molecule has 0 radical (unpaired) electrons. The fraction of sp³-hybridized carbons (Fsp3) is 0.429. The van der Waals surface area contributed by atoms with Gasteiger partial charge in [-0.1, -0.05) is 38.1 Å². The Morgan fingerprint density at radius 1 is 1.06 bits per heavy atom. The van der Waals surface area contributed by atoms with Gasteiger partial charge in [-0.25, -0.2) is 0 Å². The van der Waals surface area contributed by atoms with E-state index in [1.807, 2.05) is 30.3 Å². The molecule has 5 atom stereocenters. The van der Waals surface area contributed by atoms with E-state index in [2.05, 4.69) is 13.8 Å². The highest BCUT2D eigenvalue weighted by Gasteiger charge is 2.53. The number of nitrogens with zero attached hydrogens (tertiary/aromatic N) is 1. The van der Waals surface area contributed by atoms with Gasteiger partial charge in [-0.3, -0.25) is 9.59 Å². The molecule has 6 heteroatoms. The summed E-state index contributed by atoms with van der Waals surface area (Å²) in [6, 6.07) is 14.0. The Labute approximate surface area is 200 Å². The van der Waals surface area contributed by atoms with E-state index in [-0.39, 0.29) is 35.2 Å². The van der Waals surface area contributed by atoms with Gasteiger partial charge in [0.25, 0.3) is 5.91 Å². The van der Waals surface area contributed by atoms with Crippen LogP contribution in [-0.2, 0) is 20.7 Å². The quantitative estimate of drug-likeness (QED) is 0.713. The van der Waals surface area contributed by atoms with E-state index in [0.717, 1.165) is 29.7 Å². The minimum Gasteiger partial charge on any atom is -0.508 e. The van der Waals surface area contributed by atoms with Gasteiger partial charge < -0.3 is 19.5 Å². The first-order chi connectivity index (χ1) is 16.4. The molecule has 1 aliphatic carbocycles. The van der Waals surface area contributed by atoms with Crippen LogP contribution < -0.4 is 4.74 Å². The van der Waals surface area contributed by atoms with Gasteiger partial charge in [0, 0.05) is 6.54 Å². The van der Waals surface area contributed by atoms with E-state index in [1.54, 1.807) is 30.2 Å². The van der Waals surface area contributed by atoms with Crippen LogP contribution in [0.4, 0.5) is 0 Å². The molecule has 2 aromatic rings. The number of hydrogen-bond donors (Lipinski definition) is 1. The van der Waals surface area contributed by atoms with Crippen molar-refractivity contribution in [3.8, 4) is 11.5 Å². The minimum absolute atomic E-state index is 0.0265. The van der Waals surface area contributed by atoms with Gasteiger partial charge in [0.1, 0.15) is 17.6 Å². The zero-order valence-corrected chi connectivity index (χ0v) is 19.9. The van der Waals surface area contributed by atoms with E-state index < -0.39 is 6.04 Å². The molecule has 0 bridgehead atoms. The van der Waals surface area contributed by atoms with Gasteiger partial charge in [0.05, 0.1) is 24.6 Å². The number of ketones is 1. The molecule has 1 fully saturated rings. The molecule has 2 aromatic carbocycles. The molecule has 1 N–H and O–H groups in total. The lowest BCUT2D eigenvalue weighted by Gasteiger charge is -2.40. The average Bonchev–Trinajstić information content (AvgIpc) is 3.11. The van der Waals surface area contributed by atoms with E-state index in [0.29, 0.717) is 30.4 Å². The second kappa shape index (κ2) is 8.82. The third-order valence-electron chi connectivity index (χ3n) is 7.79. The van der Waals surface area contributed by atoms with Crippen LogP contribution in [0.25, 0.3) is 0 Å². The number of phenols is 1. The maximum atomic E-state index is 13.8. The Balaban J connectivity index is 1.48. The predicted octanol–water partition coefficient (Wildman–Crippen LogP) is 4.43. The first-order valence-corrected chi connectivity index (χ1v) is 12.0. The number of phenolic OH excluding ortho intramolecular Hbond substituents is 1. The standard InChI is InChI=1S/C28H31NO5/c1-16-13-22-23(14-17(16)2)34-27-24(26(22)31)25(19-5-4-6-20(30)15-19)29(28(27)32)12-11-18-7-9-21(33-3)10-8-18/h4-10,15-17,22-23,25,30H,11-14H2,1-3H3. The molecule has 0 spiro atoms. The number of rotatable bonds is 5. The molecule has 178 valence electrons. The topological polar surface area (TPSA) is 76.1 Å². The van der Waals surface area contributed by atoms with Crippen LogP contribution in [0.5, 0.6) is 11.5 Å². The maximum Gasteiger partial charge on any atom is 0.290 e. The molecular weight excluding hydrogens is 430 g/mol. The van der Waals surface area contributed by atoms with Gasteiger partial charge in [0.15, 0.2) is 11.5 Å². The smallest absolute Gasteiger partial charge is 0.290 e. The second-order valence-corrected chi connectivity index (χ2v) is 9.89. The third kappa shape index (κ3) is 3.85. The lowest BCUT2D eigenvalue weighted by Crippen LogP contribution is -2.43. The molecule has 3 aliphatic rings. The average molecular weight is 462 g/mol. The van der Waals surface area contributed by atoms with Crippen molar-refractivity contribution >= 4 is 11.7 Å². The summed E-state index contributed by atoms with van der Waals surface area (Å²) < 4.78 is 11.5. The van der Waals surface area contributed by atoms with Crippen molar-refractivity contribution in [1.29, 1.82) is 0 Å². The van der Waals surface area contributed by atoms with Crippen LogP contribution in [0.1, 0.15) is 43.9 Å². The molecule has 6 nitrogen and oxygen atoms in total. The Morgan fingerprint density at radius 3 is 2.50 bits per heavy atom. The Morgan fingerprint density at radius 2 is 1.79 bits per heavy atom. The van der Waals surface area contributed by atoms with E-state index >= 15 is 0 Å². The predicted molar refractivity (Wildman–Crippen MR) is 127 cm³/mol. The van der Waals surface area contributed by atoms with E-state index in [4.69, 9.17) is 9.47 Å². The molecule has 0 saturated heterocycles. The summed E-state index contributed by atoms with van der Waals surface area (Å²) in [6.07, 6.45) is 1.94. The SMILES string of the molecule is COc1ccc(CCN2C(=O)C3=C(C(=O)C4CC(C)C(C)CC4O3)C2c2cccc(O)c2)cc1. The van der Waals surface area contributed by atoms with Crippen molar-refractivity contribution < 1.29 is 24.2 Å². The highest BCUT2D eigenvalue weighted by Crippen LogP contribution is 2.48. The fourth-order valence-corrected chi connectivity index (χ4v) is 5.62. The minimum atomic E-state index is -0.559. The summed E-state index contributed by atoms with van der Waals surface area (Å²) in [4.78, 5) is 29.1. The fourth-order valence-electron chi connectivity index (χ4n) is 5.62. The Bertz CT molecular complexity index is 1140. The van der Waals surface area contributed by atoms with Crippen molar-refractivity contribution in [3.63, 3.8) is 0 Å². The molecule has 2 aliphatic heterocycles. The summed E-state index contributed by atoms with van der Waals surface area (Å²) in [5, 5.41) is 10.1. The van der Waals surface area contributed by atoms with Crippen molar-refractivity contribution in [2.24, 2.45) is 17.8 Å². The number of methoxy groups -OCH3 is 1. The Hall–Kier alpha value is -3.28. The van der Waals surface area contributed by atoms with Crippen LogP contribution in [0.15, 0.2) is 59.9 Å². The van der Waals surface area contributed by atoms with Crippen molar-refractivity contribution in [2.45, 2.75) is 45.3 Å². The molecule has 1 saturated carbocycles. The van der Waals surface area contributed by atoms with E-state index in [1.165, 1.54) is 0 Å². The van der Waals surface area contributed by atoms with Crippen molar-refractivity contribution in [1.82, 2.24) is 4.90 Å². The lowest BCUT2D eigenvalue weighted by atomic mass is 9.70. The third-order valence-corrected chi connectivity index (χ3v) is 7.79. The van der Waals surface area contributed by atoms with Crippen LogP contribution in [-0.4, -0.2) is 41.5 Å². The number of ether oxygens (including phenoxy) is 2. The normalized spacial score (nSPS) is 28.4. The first-order valence-electron chi connectivity index (χ1n) is 12.0. The number of fused-ring (bicyclic) bond motifs is 1. The maximum absolute atomic E-state index is 13.8. The van der Waals surface area contributed by atoms with Crippen molar-refractivity contribution in [2.75, 3.05) is 13.7 Å². The highest BCUT2D eigenvalue weighted by atomic mass is 16.5.